The van der Waals surface area contributed by atoms with Crippen LogP contribution in [0.5, 0.6) is 5.75 Å². The van der Waals surface area contributed by atoms with Crippen LogP contribution in [-0.2, 0) is 4.79 Å². The van der Waals surface area contributed by atoms with E-state index in [1.165, 1.54) is 20.1 Å². The minimum Gasteiger partial charge on any atom is -0.496 e. The van der Waals surface area contributed by atoms with Gasteiger partial charge >= 0.3 is 0 Å². The quantitative estimate of drug-likeness (QED) is 0.769. The number of nitrogens with one attached hydrogen (secondary N) is 1. The van der Waals surface area contributed by atoms with E-state index in [1.807, 2.05) is 0 Å². The second-order valence-electron chi connectivity index (χ2n) is 2.96. The Morgan fingerprint density at radius 3 is 2.53 bits per heavy atom. The van der Waals surface area contributed by atoms with Crippen molar-refractivity contribution >= 4 is 17.5 Å². The normalized spacial score (nSPS) is 9.47. The van der Waals surface area contributed by atoms with E-state index >= 15 is 0 Å². The van der Waals surface area contributed by atoms with E-state index in [4.69, 9.17) is 10.5 Å². The molecule has 0 spiro atoms. The maximum Gasteiger partial charge on any atom is 0.252 e. The molecule has 15 heavy (non-hydrogen) atoms. The van der Waals surface area contributed by atoms with E-state index in [-0.39, 0.29) is 11.5 Å². The molecule has 1 aromatic rings. The third-order valence-electron chi connectivity index (χ3n) is 1.79. The van der Waals surface area contributed by atoms with Crippen molar-refractivity contribution < 1.29 is 14.3 Å². The van der Waals surface area contributed by atoms with Crippen LogP contribution >= 0.6 is 0 Å². The van der Waals surface area contributed by atoms with Gasteiger partial charge in [-0.25, -0.2) is 0 Å². The number of carbonyl (C=O) groups is 2. The van der Waals surface area contributed by atoms with Gasteiger partial charge in [0.2, 0.25) is 5.91 Å². The van der Waals surface area contributed by atoms with Crippen molar-refractivity contribution in [2.24, 2.45) is 5.73 Å². The van der Waals surface area contributed by atoms with Crippen LogP contribution in [0.15, 0.2) is 18.2 Å². The maximum atomic E-state index is 11.0. The van der Waals surface area contributed by atoms with Gasteiger partial charge < -0.3 is 15.8 Å². The molecule has 0 atom stereocenters. The molecule has 3 N–H and O–H groups in total. The first-order chi connectivity index (χ1) is 7.04. The topological polar surface area (TPSA) is 81.4 Å². The molecule has 0 radical (unpaired) electrons. The minimum atomic E-state index is -0.598. The van der Waals surface area contributed by atoms with E-state index in [1.54, 1.807) is 12.1 Å². The van der Waals surface area contributed by atoms with Gasteiger partial charge in [-0.2, -0.15) is 0 Å². The van der Waals surface area contributed by atoms with E-state index in [9.17, 15) is 9.59 Å². The zero-order valence-electron chi connectivity index (χ0n) is 8.53. The number of ether oxygens (including phenoxy) is 1. The van der Waals surface area contributed by atoms with Crippen molar-refractivity contribution in [2.45, 2.75) is 6.92 Å². The molecule has 2 amide bonds. The van der Waals surface area contributed by atoms with Gasteiger partial charge in [-0.15, -0.1) is 0 Å². The van der Waals surface area contributed by atoms with Crippen molar-refractivity contribution in [3.05, 3.63) is 23.8 Å². The molecule has 0 aliphatic rings. The van der Waals surface area contributed by atoms with Crippen LogP contribution in [0.25, 0.3) is 0 Å². The lowest BCUT2D eigenvalue weighted by Crippen LogP contribution is -2.14. The maximum absolute atomic E-state index is 11.0. The van der Waals surface area contributed by atoms with Crippen LogP contribution in [0.1, 0.15) is 17.3 Å². The molecular formula is C10H12N2O3. The number of hydrogen-bond donors (Lipinski definition) is 2. The summed E-state index contributed by atoms with van der Waals surface area (Å²) in [6, 6.07) is 4.68. The smallest absolute Gasteiger partial charge is 0.252 e. The number of rotatable bonds is 3. The van der Waals surface area contributed by atoms with Crippen LogP contribution < -0.4 is 15.8 Å². The number of amides is 2. The van der Waals surface area contributed by atoms with Gasteiger partial charge in [0.05, 0.1) is 12.7 Å². The standard InChI is InChI=1S/C10H12N2O3/c1-6(13)12-7-3-4-9(15-2)8(5-7)10(11)14/h3-5H,1-2H3,(H2,11,14)(H,12,13). The van der Waals surface area contributed by atoms with Crippen molar-refractivity contribution in [3.8, 4) is 5.75 Å². The number of nitrogens with two attached hydrogens (primary N) is 1. The lowest BCUT2D eigenvalue weighted by molar-refractivity contribution is -0.114. The number of benzene rings is 1. The Hall–Kier alpha value is -2.04. The molecule has 0 fully saturated rings. The van der Waals surface area contributed by atoms with Gasteiger partial charge in [-0.3, -0.25) is 9.59 Å². The van der Waals surface area contributed by atoms with Crippen LogP contribution in [0.3, 0.4) is 0 Å². The van der Waals surface area contributed by atoms with Gasteiger partial charge in [-0.05, 0) is 18.2 Å². The van der Waals surface area contributed by atoms with Crippen molar-refractivity contribution in [3.63, 3.8) is 0 Å². The summed E-state index contributed by atoms with van der Waals surface area (Å²) in [5.41, 5.74) is 5.91. The highest BCUT2D eigenvalue weighted by Crippen LogP contribution is 2.21. The summed E-state index contributed by atoms with van der Waals surface area (Å²) < 4.78 is 4.95. The third kappa shape index (κ3) is 2.70. The molecule has 0 aromatic heterocycles. The first-order valence-electron chi connectivity index (χ1n) is 4.30. The number of hydrogen-bond acceptors (Lipinski definition) is 3. The number of anilines is 1. The summed E-state index contributed by atoms with van der Waals surface area (Å²) in [4.78, 5) is 21.8. The highest BCUT2D eigenvalue weighted by atomic mass is 16.5. The minimum absolute atomic E-state index is 0.212. The molecule has 80 valence electrons. The highest BCUT2D eigenvalue weighted by Gasteiger charge is 2.09. The van der Waals surface area contributed by atoms with Gasteiger partial charge in [0.1, 0.15) is 5.75 Å². The van der Waals surface area contributed by atoms with Crippen LogP contribution in [0, 0.1) is 0 Å². The molecule has 0 saturated carbocycles. The molecular weight excluding hydrogens is 196 g/mol. The fourth-order valence-electron chi connectivity index (χ4n) is 1.18. The second kappa shape index (κ2) is 4.45. The van der Waals surface area contributed by atoms with Crippen LogP contribution in [-0.4, -0.2) is 18.9 Å². The first-order valence-corrected chi connectivity index (χ1v) is 4.30. The summed E-state index contributed by atoms with van der Waals surface area (Å²) >= 11 is 0. The Balaban J connectivity index is 3.10. The molecule has 0 unspecified atom stereocenters. The van der Waals surface area contributed by atoms with Crippen LogP contribution in [0.4, 0.5) is 5.69 Å². The van der Waals surface area contributed by atoms with Crippen molar-refractivity contribution in [1.29, 1.82) is 0 Å². The zero-order valence-corrected chi connectivity index (χ0v) is 8.53. The molecule has 0 heterocycles. The lowest BCUT2D eigenvalue weighted by atomic mass is 10.1. The van der Waals surface area contributed by atoms with E-state index in [0.717, 1.165) is 0 Å². The average Bonchev–Trinajstić information content (AvgIpc) is 2.16. The number of carbonyl (C=O) groups excluding carboxylic acids is 2. The van der Waals surface area contributed by atoms with Gasteiger partial charge in [0, 0.05) is 12.6 Å². The monoisotopic (exact) mass is 208 g/mol. The SMILES string of the molecule is COc1ccc(NC(C)=O)cc1C(N)=O. The molecule has 1 aromatic carbocycles. The van der Waals surface area contributed by atoms with E-state index < -0.39 is 5.91 Å². The molecule has 5 nitrogen and oxygen atoms in total. The fraction of sp³-hybridized carbons (Fsp3) is 0.200. The molecule has 0 aliphatic carbocycles. The Labute approximate surface area is 87.2 Å². The van der Waals surface area contributed by atoms with Crippen molar-refractivity contribution in [1.82, 2.24) is 0 Å². The Morgan fingerprint density at radius 1 is 1.40 bits per heavy atom. The molecule has 1 rings (SSSR count). The highest BCUT2D eigenvalue weighted by molar-refractivity contribution is 5.98. The first kappa shape index (κ1) is 11.0. The Bertz CT molecular complexity index is 402. The number of methoxy groups -OCH3 is 1. The summed E-state index contributed by atoms with van der Waals surface area (Å²) in [6.45, 7) is 1.38. The van der Waals surface area contributed by atoms with E-state index in [0.29, 0.717) is 11.4 Å². The Kier molecular flexibility index (Phi) is 3.28. The van der Waals surface area contributed by atoms with Crippen LogP contribution in [0.2, 0.25) is 0 Å². The third-order valence-corrected chi connectivity index (χ3v) is 1.79. The Morgan fingerprint density at radius 2 is 2.07 bits per heavy atom. The van der Waals surface area contributed by atoms with Gasteiger partial charge in [0.25, 0.3) is 5.91 Å². The molecule has 0 saturated heterocycles. The van der Waals surface area contributed by atoms with Crippen molar-refractivity contribution in [2.75, 3.05) is 12.4 Å². The average molecular weight is 208 g/mol. The number of primary amides is 1. The van der Waals surface area contributed by atoms with E-state index in [2.05, 4.69) is 5.32 Å². The fourth-order valence-corrected chi connectivity index (χ4v) is 1.18. The second-order valence-corrected chi connectivity index (χ2v) is 2.96. The van der Waals surface area contributed by atoms with Gasteiger partial charge in [-0.1, -0.05) is 0 Å². The largest absolute Gasteiger partial charge is 0.496 e. The predicted octanol–water partition coefficient (Wildman–Crippen LogP) is 0.752. The zero-order chi connectivity index (χ0) is 11.4. The summed E-state index contributed by atoms with van der Waals surface area (Å²) in [5, 5.41) is 2.55. The molecule has 5 heteroatoms. The summed E-state index contributed by atoms with van der Waals surface area (Å²) in [6.07, 6.45) is 0. The predicted molar refractivity (Wildman–Crippen MR) is 55.8 cm³/mol. The van der Waals surface area contributed by atoms with Gasteiger partial charge in [0.15, 0.2) is 0 Å². The summed E-state index contributed by atoms with van der Waals surface area (Å²) in [5.74, 6) is -0.425. The molecule has 0 aliphatic heterocycles. The summed E-state index contributed by atoms with van der Waals surface area (Å²) in [7, 11) is 1.44. The lowest BCUT2D eigenvalue weighted by Gasteiger charge is -2.08. The molecule has 0 bridgehead atoms.